The van der Waals surface area contributed by atoms with Crippen molar-refractivity contribution in [3.05, 3.63) is 47.5 Å². The molecule has 0 aliphatic heterocycles. The molecule has 0 fully saturated rings. The molecule has 1 aliphatic rings. The number of nitrogens with zero attached hydrogens (tertiary/aromatic N) is 1. The fourth-order valence-electron chi connectivity index (χ4n) is 2.46. The maximum absolute atomic E-state index is 4.37. The quantitative estimate of drug-likeness (QED) is 0.786. The Morgan fingerprint density at radius 1 is 1.06 bits per heavy atom. The van der Waals surface area contributed by atoms with Crippen LogP contribution in [-0.2, 0) is 0 Å². The van der Waals surface area contributed by atoms with E-state index in [1.807, 2.05) is 14.1 Å². The van der Waals surface area contributed by atoms with Crippen LogP contribution in [-0.4, -0.2) is 19.8 Å². The number of allylic oxidation sites excluding steroid dienone is 1. The van der Waals surface area contributed by atoms with Crippen molar-refractivity contribution < 1.29 is 0 Å². The molecule has 2 aromatic carbocycles. The number of rotatable bonds is 1. The summed E-state index contributed by atoms with van der Waals surface area (Å²) in [6.07, 6.45) is 4.22. The molecule has 0 bridgehead atoms. The maximum atomic E-state index is 4.37. The van der Waals surface area contributed by atoms with Crippen molar-refractivity contribution >= 4 is 28.2 Å². The van der Waals surface area contributed by atoms with Gasteiger partial charge in [0.05, 0.1) is 5.71 Å². The SMILES string of the molecule is C/N=C1\C=Cc2cccc3ccc(NC)c1c23. The summed E-state index contributed by atoms with van der Waals surface area (Å²) in [5, 5.41) is 5.81. The summed E-state index contributed by atoms with van der Waals surface area (Å²) in [5.41, 5.74) is 4.65. The first-order chi connectivity index (χ1) is 8.35. The third-order valence-corrected chi connectivity index (χ3v) is 3.26. The number of aliphatic imine (C=N–C) groups is 1. The third kappa shape index (κ3) is 1.37. The van der Waals surface area contributed by atoms with E-state index in [2.05, 4.69) is 52.8 Å². The summed E-state index contributed by atoms with van der Waals surface area (Å²) >= 11 is 0. The Bertz CT molecular complexity index is 651. The Kier molecular flexibility index (Phi) is 2.22. The zero-order valence-electron chi connectivity index (χ0n) is 9.99. The first kappa shape index (κ1) is 10.1. The number of nitrogens with one attached hydrogen (secondary N) is 1. The summed E-state index contributed by atoms with van der Waals surface area (Å²) in [4.78, 5) is 4.37. The number of anilines is 1. The van der Waals surface area contributed by atoms with E-state index in [0.29, 0.717) is 0 Å². The first-order valence-corrected chi connectivity index (χ1v) is 5.74. The Morgan fingerprint density at radius 2 is 1.94 bits per heavy atom. The fourth-order valence-corrected chi connectivity index (χ4v) is 2.46. The number of hydrogen-bond donors (Lipinski definition) is 1. The van der Waals surface area contributed by atoms with Crippen LogP contribution in [0.25, 0.3) is 16.8 Å². The van der Waals surface area contributed by atoms with Gasteiger partial charge in [0.25, 0.3) is 0 Å². The molecule has 2 nitrogen and oxygen atoms in total. The molecule has 0 atom stereocenters. The standard InChI is InChI=1S/C15H14N2/c1-16-12-8-6-10-4-3-5-11-7-9-13(17-2)15(12)14(10)11/h3-9,16H,1-2H3/b17-13+. The molecule has 0 saturated carbocycles. The minimum Gasteiger partial charge on any atom is -0.388 e. The van der Waals surface area contributed by atoms with Gasteiger partial charge in [0.15, 0.2) is 0 Å². The van der Waals surface area contributed by atoms with Crippen molar-refractivity contribution in [2.45, 2.75) is 0 Å². The van der Waals surface area contributed by atoms with Gasteiger partial charge >= 0.3 is 0 Å². The van der Waals surface area contributed by atoms with E-state index in [9.17, 15) is 0 Å². The van der Waals surface area contributed by atoms with Gasteiger partial charge in [-0.25, -0.2) is 0 Å². The minimum atomic E-state index is 1.04. The van der Waals surface area contributed by atoms with Gasteiger partial charge in [-0.2, -0.15) is 0 Å². The fraction of sp³-hybridized carbons (Fsp3) is 0.133. The van der Waals surface area contributed by atoms with Gasteiger partial charge in [-0.1, -0.05) is 30.3 Å². The first-order valence-electron chi connectivity index (χ1n) is 5.74. The molecule has 0 radical (unpaired) electrons. The van der Waals surface area contributed by atoms with Gasteiger partial charge in [-0.05, 0) is 23.1 Å². The molecule has 1 aliphatic carbocycles. The lowest BCUT2D eigenvalue weighted by molar-refractivity contribution is 1.42. The van der Waals surface area contributed by atoms with Crippen molar-refractivity contribution in [1.29, 1.82) is 0 Å². The summed E-state index contributed by atoms with van der Waals surface area (Å²) in [5.74, 6) is 0. The van der Waals surface area contributed by atoms with Crippen molar-refractivity contribution in [3.8, 4) is 0 Å². The summed E-state index contributed by atoms with van der Waals surface area (Å²) in [7, 11) is 3.79. The highest BCUT2D eigenvalue weighted by Gasteiger charge is 2.16. The second-order valence-corrected chi connectivity index (χ2v) is 4.13. The summed E-state index contributed by atoms with van der Waals surface area (Å²) in [6.45, 7) is 0. The highest BCUT2D eigenvalue weighted by atomic mass is 14.8. The predicted molar refractivity (Wildman–Crippen MR) is 75.0 cm³/mol. The predicted octanol–water partition coefficient (Wildman–Crippen LogP) is 3.33. The summed E-state index contributed by atoms with van der Waals surface area (Å²) in [6, 6.07) is 10.7. The second kappa shape index (κ2) is 3.74. The zero-order chi connectivity index (χ0) is 11.8. The van der Waals surface area contributed by atoms with E-state index in [4.69, 9.17) is 0 Å². The molecular weight excluding hydrogens is 208 g/mol. The van der Waals surface area contributed by atoms with Gasteiger partial charge in [0.1, 0.15) is 0 Å². The van der Waals surface area contributed by atoms with Crippen LogP contribution < -0.4 is 5.32 Å². The van der Waals surface area contributed by atoms with Crippen molar-refractivity contribution in [1.82, 2.24) is 0 Å². The van der Waals surface area contributed by atoms with Crippen LogP contribution >= 0.6 is 0 Å². The largest absolute Gasteiger partial charge is 0.388 e. The van der Waals surface area contributed by atoms with Gasteiger partial charge in [-0.15, -0.1) is 0 Å². The lowest BCUT2D eigenvalue weighted by Crippen LogP contribution is -2.07. The molecule has 2 aromatic rings. The number of hydrogen-bond acceptors (Lipinski definition) is 2. The molecule has 2 heteroatoms. The van der Waals surface area contributed by atoms with E-state index in [0.717, 1.165) is 11.4 Å². The van der Waals surface area contributed by atoms with Crippen molar-refractivity contribution in [2.24, 2.45) is 4.99 Å². The molecule has 0 aromatic heterocycles. The molecular formula is C15H14N2. The van der Waals surface area contributed by atoms with Crippen LogP contribution in [0.4, 0.5) is 5.69 Å². The van der Waals surface area contributed by atoms with E-state index < -0.39 is 0 Å². The highest BCUT2D eigenvalue weighted by molar-refractivity contribution is 6.25. The Labute approximate surface area is 101 Å². The molecule has 3 rings (SSSR count). The van der Waals surface area contributed by atoms with E-state index >= 15 is 0 Å². The smallest absolute Gasteiger partial charge is 0.0670 e. The van der Waals surface area contributed by atoms with Crippen LogP contribution in [0.2, 0.25) is 0 Å². The zero-order valence-corrected chi connectivity index (χ0v) is 9.99. The maximum Gasteiger partial charge on any atom is 0.0670 e. The highest BCUT2D eigenvalue weighted by Crippen LogP contribution is 2.33. The Balaban J connectivity index is 2.51. The van der Waals surface area contributed by atoms with Crippen molar-refractivity contribution in [3.63, 3.8) is 0 Å². The minimum absolute atomic E-state index is 1.04. The molecule has 0 spiro atoms. The van der Waals surface area contributed by atoms with Gasteiger partial charge in [-0.3, -0.25) is 4.99 Å². The molecule has 84 valence electrons. The number of benzene rings is 2. The van der Waals surface area contributed by atoms with E-state index in [1.54, 1.807) is 0 Å². The van der Waals surface area contributed by atoms with E-state index in [-0.39, 0.29) is 0 Å². The third-order valence-electron chi connectivity index (χ3n) is 3.26. The Hall–Kier alpha value is -2.09. The van der Waals surface area contributed by atoms with Gasteiger partial charge in [0, 0.05) is 30.7 Å². The molecule has 0 saturated heterocycles. The van der Waals surface area contributed by atoms with Crippen LogP contribution in [0.1, 0.15) is 11.1 Å². The van der Waals surface area contributed by atoms with Crippen LogP contribution in [0, 0.1) is 0 Å². The molecule has 17 heavy (non-hydrogen) atoms. The van der Waals surface area contributed by atoms with Gasteiger partial charge in [0.2, 0.25) is 0 Å². The topological polar surface area (TPSA) is 24.4 Å². The average molecular weight is 222 g/mol. The molecule has 1 N–H and O–H groups in total. The van der Waals surface area contributed by atoms with Crippen LogP contribution in [0.15, 0.2) is 41.4 Å². The Morgan fingerprint density at radius 3 is 2.71 bits per heavy atom. The van der Waals surface area contributed by atoms with Crippen molar-refractivity contribution in [2.75, 3.05) is 19.4 Å². The van der Waals surface area contributed by atoms with Gasteiger partial charge < -0.3 is 5.32 Å². The lowest BCUT2D eigenvalue weighted by Gasteiger charge is -2.18. The molecule has 0 unspecified atom stereocenters. The normalized spacial score (nSPS) is 15.5. The summed E-state index contributed by atoms with van der Waals surface area (Å²) < 4.78 is 0. The van der Waals surface area contributed by atoms with E-state index in [1.165, 1.54) is 21.9 Å². The van der Waals surface area contributed by atoms with Crippen LogP contribution in [0.5, 0.6) is 0 Å². The molecule has 0 amide bonds. The molecule has 0 heterocycles. The van der Waals surface area contributed by atoms with Crippen LogP contribution in [0.3, 0.4) is 0 Å². The average Bonchev–Trinajstić information content (AvgIpc) is 2.40. The monoisotopic (exact) mass is 222 g/mol. The lowest BCUT2D eigenvalue weighted by atomic mass is 9.90. The second-order valence-electron chi connectivity index (χ2n) is 4.13.